The standard InChI is InChI=1S/C14H20N4O3/c1-9(2)21-6-4-5-15-13(19)11-7-12-14(20)16-10(3)8-18(12)17-11/h7-9H,4-6H2,1-3H3,(H,15,19)(H,16,20). The van der Waals surface area contributed by atoms with Crippen LogP contribution in [0.1, 0.15) is 36.5 Å². The first-order valence-electron chi connectivity index (χ1n) is 6.96. The van der Waals surface area contributed by atoms with Gasteiger partial charge in [0.15, 0.2) is 5.69 Å². The molecule has 2 aromatic rings. The average Bonchev–Trinajstić information content (AvgIpc) is 2.82. The normalized spacial score (nSPS) is 11.2. The molecule has 7 heteroatoms. The summed E-state index contributed by atoms with van der Waals surface area (Å²) >= 11 is 0. The van der Waals surface area contributed by atoms with Crippen LogP contribution in [0.4, 0.5) is 0 Å². The summed E-state index contributed by atoms with van der Waals surface area (Å²) in [6, 6.07) is 1.48. The summed E-state index contributed by atoms with van der Waals surface area (Å²) in [6.45, 7) is 6.80. The number of fused-ring (bicyclic) bond motifs is 1. The number of carbonyl (C=O) groups excluding carboxylic acids is 1. The van der Waals surface area contributed by atoms with Gasteiger partial charge in [-0.3, -0.25) is 9.59 Å². The minimum Gasteiger partial charge on any atom is -0.379 e. The molecule has 0 saturated heterocycles. The molecule has 2 rings (SSSR count). The summed E-state index contributed by atoms with van der Waals surface area (Å²) in [5, 5.41) is 6.88. The number of H-pyrrole nitrogens is 1. The van der Waals surface area contributed by atoms with Crippen LogP contribution >= 0.6 is 0 Å². The molecular formula is C14H20N4O3. The Morgan fingerprint density at radius 1 is 1.52 bits per heavy atom. The summed E-state index contributed by atoms with van der Waals surface area (Å²) in [5.74, 6) is -0.291. The van der Waals surface area contributed by atoms with Gasteiger partial charge < -0.3 is 15.0 Å². The number of aromatic nitrogens is 3. The van der Waals surface area contributed by atoms with Gasteiger partial charge in [0.1, 0.15) is 5.52 Å². The van der Waals surface area contributed by atoms with E-state index in [1.807, 2.05) is 13.8 Å². The number of ether oxygens (including phenoxy) is 1. The van der Waals surface area contributed by atoms with Gasteiger partial charge in [-0.25, -0.2) is 4.52 Å². The van der Waals surface area contributed by atoms with Crippen molar-refractivity contribution >= 4 is 11.4 Å². The van der Waals surface area contributed by atoms with Crippen molar-refractivity contribution in [2.24, 2.45) is 0 Å². The third-order valence-corrected chi connectivity index (χ3v) is 2.89. The third-order valence-electron chi connectivity index (χ3n) is 2.89. The lowest BCUT2D eigenvalue weighted by atomic mass is 10.3. The first kappa shape index (κ1) is 15.2. The molecule has 2 N–H and O–H groups in total. The van der Waals surface area contributed by atoms with E-state index in [-0.39, 0.29) is 23.3 Å². The van der Waals surface area contributed by atoms with Crippen LogP contribution in [0.25, 0.3) is 5.52 Å². The number of hydrogen-bond acceptors (Lipinski definition) is 4. The van der Waals surface area contributed by atoms with Gasteiger partial charge in [0.05, 0.1) is 6.10 Å². The SMILES string of the molecule is Cc1cn2nc(C(=O)NCCCOC(C)C)cc2c(=O)[nH]1. The van der Waals surface area contributed by atoms with Crippen molar-refractivity contribution in [3.63, 3.8) is 0 Å². The highest BCUT2D eigenvalue weighted by molar-refractivity contribution is 5.93. The number of nitrogens with zero attached hydrogens (tertiary/aromatic N) is 2. The quantitative estimate of drug-likeness (QED) is 0.773. The first-order valence-corrected chi connectivity index (χ1v) is 6.96. The number of hydrogen-bond donors (Lipinski definition) is 2. The summed E-state index contributed by atoms with van der Waals surface area (Å²) in [5.41, 5.74) is 1.02. The fraction of sp³-hybridized carbons (Fsp3) is 0.500. The van der Waals surface area contributed by atoms with Gasteiger partial charge in [-0.05, 0) is 27.2 Å². The lowest BCUT2D eigenvalue weighted by Gasteiger charge is -2.07. The molecule has 1 amide bonds. The maximum atomic E-state index is 12.0. The number of aromatic amines is 1. The zero-order valence-corrected chi connectivity index (χ0v) is 12.5. The molecule has 21 heavy (non-hydrogen) atoms. The Hall–Kier alpha value is -2.15. The van der Waals surface area contributed by atoms with Crippen LogP contribution in [0.3, 0.4) is 0 Å². The minimum atomic E-state index is -0.291. The number of amides is 1. The van der Waals surface area contributed by atoms with E-state index in [0.29, 0.717) is 24.4 Å². The van der Waals surface area contributed by atoms with E-state index >= 15 is 0 Å². The van der Waals surface area contributed by atoms with Crippen molar-refractivity contribution in [3.8, 4) is 0 Å². The fourth-order valence-corrected chi connectivity index (χ4v) is 1.92. The van der Waals surface area contributed by atoms with Crippen LogP contribution in [-0.2, 0) is 4.74 Å². The van der Waals surface area contributed by atoms with Gasteiger partial charge in [-0.2, -0.15) is 5.10 Å². The highest BCUT2D eigenvalue weighted by Crippen LogP contribution is 2.02. The van der Waals surface area contributed by atoms with E-state index in [0.717, 1.165) is 6.42 Å². The van der Waals surface area contributed by atoms with Gasteiger partial charge in [0.2, 0.25) is 0 Å². The van der Waals surface area contributed by atoms with Gasteiger partial charge in [0, 0.05) is 31.1 Å². The molecule has 0 aliphatic carbocycles. The molecule has 0 aliphatic heterocycles. The number of aryl methyl sites for hydroxylation is 1. The van der Waals surface area contributed by atoms with E-state index in [2.05, 4.69) is 15.4 Å². The van der Waals surface area contributed by atoms with Gasteiger partial charge >= 0.3 is 0 Å². The summed E-state index contributed by atoms with van der Waals surface area (Å²) in [4.78, 5) is 26.4. The van der Waals surface area contributed by atoms with Crippen molar-refractivity contribution in [3.05, 3.63) is 34.0 Å². The van der Waals surface area contributed by atoms with Gasteiger partial charge in [-0.15, -0.1) is 0 Å². The number of nitrogens with one attached hydrogen (secondary N) is 2. The van der Waals surface area contributed by atoms with Gasteiger partial charge in [0.25, 0.3) is 11.5 Å². The lowest BCUT2D eigenvalue weighted by molar-refractivity contribution is 0.0756. The van der Waals surface area contributed by atoms with Crippen molar-refractivity contribution in [2.45, 2.75) is 33.3 Å². The van der Waals surface area contributed by atoms with Gasteiger partial charge in [-0.1, -0.05) is 0 Å². The fourth-order valence-electron chi connectivity index (χ4n) is 1.92. The first-order chi connectivity index (χ1) is 9.97. The predicted octanol–water partition coefficient (Wildman–Crippen LogP) is 0.876. The molecule has 0 saturated carbocycles. The van der Waals surface area contributed by atoms with E-state index in [1.165, 1.54) is 10.6 Å². The number of rotatable bonds is 6. The van der Waals surface area contributed by atoms with Crippen LogP contribution in [0.15, 0.2) is 17.1 Å². The van der Waals surface area contributed by atoms with Crippen LogP contribution in [-0.4, -0.2) is 39.8 Å². The third kappa shape index (κ3) is 3.91. The van der Waals surface area contributed by atoms with Crippen LogP contribution in [0.5, 0.6) is 0 Å². The molecule has 2 heterocycles. The number of carbonyl (C=O) groups is 1. The molecule has 0 unspecified atom stereocenters. The highest BCUT2D eigenvalue weighted by atomic mass is 16.5. The molecule has 2 aromatic heterocycles. The smallest absolute Gasteiger partial charge is 0.274 e. The Bertz CT molecular complexity index is 687. The van der Waals surface area contributed by atoms with Crippen molar-refractivity contribution in [2.75, 3.05) is 13.2 Å². The molecule has 0 aliphatic rings. The summed E-state index contributed by atoms with van der Waals surface area (Å²) in [7, 11) is 0. The van der Waals surface area contributed by atoms with E-state index in [9.17, 15) is 9.59 Å². The average molecular weight is 292 g/mol. The maximum absolute atomic E-state index is 12.0. The Morgan fingerprint density at radius 2 is 2.29 bits per heavy atom. The largest absolute Gasteiger partial charge is 0.379 e. The van der Waals surface area contributed by atoms with Crippen LogP contribution in [0, 0.1) is 6.92 Å². The van der Waals surface area contributed by atoms with E-state index in [1.54, 1.807) is 13.1 Å². The van der Waals surface area contributed by atoms with Crippen LogP contribution < -0.4 is 10.9 Å². The Morgan fingerprint density at radius 3 is 3.00 bits per heavy atom. The lowest BCUT2D eigenvalue weighted by Crippen LogP contribution is -2.26. The monoisotopic (exact) mass is 292 g/mol. The highest BCUT2D eigenvalue weighted by Gasteiger charge is 2.12. The molecule has 0 atom stereocenters. The molecule has 7 nitrogen and oxygen atoms in total. The molecular weight excluding hydrogens is 272 g/mol. The maximum Gasteiger partial charge on any atom is 0.274 e. The Kier molecular flexibility index (Phi) is 4.74. The second kappa shape index (κ2) is 6.53. The zero-order chi connectivity index (χ0) is 15.4. The van der Waals surface area contributed by atoms with E-state index < -0.39 is 0 Å². The van der Waals surface area contributed by atoms with Crippen molar-refractivity contribution in [1.82, 2.24) is 19.9 Å². The zero-order valence-electron chi connectivity index (χ0n) is 12.5. The second-order valence-corrected chi connectivity index (χ2v) is 5.15. The summed E-state index contributed by atoms with van der Waals surface area (Å²) < 4.78 is 6.81. The van der Waals surface area contributed by atoms with Crippen molar-refractivity contribution in [1.29, 1.82) is 0 Å². The molecule has 0 radical (unpaired) electrons. The topological polar surface area (TPSA) is 88.5 Å². The predicted molar refractivity (Wildman–Crippen MR) is 78.6 cm³/mol. The Labute approximate surface area is 122 Å². The van der Waals surface area contributed by atoms with Crippen molar-refractivity contribution < 1.29 is 9.53 Å². The van der Waals surface area contributed by atoms with E-state index in [4.69, 9.17) is 4.74 Å². The molecule has 0 aromatic carbocycles. The molecule has 0 bridgehead atoms. The second-order valence-electron chi connectivity index (χ2n) is 5.15. The molecule has 0 fully saturated rings. The molecule has 0 spiro atoms. The minimum absolute atomic E-state index is 0.189. The summed E-state index contributed by atoms with van der Waals surface area (Å²) in [6.07, 6.45) is 2.59. The Balaban J connectivity index is 1.97. The molecule has 114 valence electrons. The van der Waals surface area contributed by atoms with Crippen LogP contribution in [0.2, 0.25) is 0 Å².